The van der Waals surface area contributed by atoms with Crippen LogP contribution in [-0.4, -0.2) is 17.9 Å². The Morgan fingerprint density at radius 2 is 1.75 bits per heavy atom. The summed E-state index contributed by atoms with van der Waals surface area (Å²) in [6.45, 7) is 3.82. The topological polar surface area (TPSA) is 58.2 Å². The number of hydrogen-bond acceptors (Lipinski definition) is 3. The van der Waals surface area contributed by atoms with Gasteiger partial charge in [-0.2, -0.15) is 0 Å². The molecule has 0 radical (unpaired) electrons. The fourth-order valence-corrected chi connectivity index (χ4v) is 2.27. The molecule has 1 aromatic carbocycles. The third kappa shape index (κ3) is 3.68. The molecule has 0 saturated heterocycles. The first-order chi connectivity index (χ1) is 9.56. The lowest BCUT2D eigenvalue weighted by Crippen LogP contribution is -2.29. The maximum absolute atomic E-state index is 11.9. The number of carbonyl (C=O) groups is 2. The molecule has 0 atom stereocenters. The molecular weight excluding hydrogens is 272 g/mol. The predicted octanol–water partition coefficient (Wildman–Crippen LogP) is 3.14. The van der Waals surface area contributed by atoms with Crippen LogP contribution in [0.15, 0.2) is 41.8 Å². The zero-order chi connectivity index (χ0) is 14.5. The molecule has 104 valence electrons. The highest BCUT2D eigenvalue weighted by atomic mass is 32.1. The Kier molecular flexibility index (Phi) is 4.53. The summed E-state index contributed by atoms with van der Waals surface area (Å²) >= 11 is 1.39. The van der Waals surface area contributed by atoms with E-state index in [9.17, 15) is 9.59 Å². The lowest BCUT2D eigenvalue weighted by Gasteiger charge is -2.09. The molecule has 5 heteroatoms. The van der Waals surface area contributed by atoms with Gasteiger partial charge in [-0.15, -0.1) is 11.3 Å². The smallest absolute Gasteiger partial charge is 0.265 e. The Hall–Kier alpha value is -2.14. The first-order valence-corrected chi connectivity index (χ1v) is 7.20. The van der Waals surface area contributed by atoms with E-state index in [1.54, 1.807) is 30.3 Å². The molecule has 2 aromatic rings. The van der Waals surface area contributed by atoms with Crippen molar-refractivity contribution >= 4 is 28.8 Å². The highest BCUT2D eigenvalue weighted by Crippen LogP contribution is 2.14. The largest absolute Gasteiger partial charge is 0.350 e. The molecule has 1 heterocycles. The highest BCUT2D eigenvalue weighted by molar-refractivity contribution is 7.12. The molecule has 0 saturated carbocycles. The monoisotopic (exact) mass is 288 g/mol. The number of carbonyl (C=O) groups excluding carboxylic acids is 2. The molecule has 0 aliphatic heterocycles. The first kappa shape index (κ1) is 14.3. The molecular formula is C15H16N2O2S. The van der Waals surface area contributed by atoms with Crippen LogP contribution in [0.5, 0.6) is 0 Å². The van der Waals surface area contributed by atoms with Crippen LogP contribution in [0.4, 0.5) is 5.69 Å². The Morgan fingerprint density at radius 1 is 1.05 bits per heavy atom. The van der Waals surface area contributed by atoms with Crippen molar-refractivity contribution in [2.45, 2.75) is 19.9 Å². The maximum Gasteiger partial charge on any atom is 0.265 e. The summed E-state index contributed by atoms with van der Waals surface area (Å²) in [5.74, 6) is -0.254. The standard InChI is InChI=1S/C15H16N2O2S/c1-10(2)16-14(18)11-5-7-12(8-6-11)17-15(19)13-4-3-9-20-13/h3-10H,1-2H3,(H,16,18)(H,17,19). The van der Waals surface area contributed by atoms with Crippen LogP contribution in [-0.2, 0) is 0 Å². The van der Waals surface area contributed by atoms with Gasteiger partial charge in [0.05, 0.1) is 4.88 Å². The van der Waals surface area contributed by atoms with Crippen molar-refractivity contribution in [2.75, 3.05) is 5.32 Å². The van der Waals surface area contributed by atoms with Crippen LogP contribution in [0.3, 0.4) is 0 Å². The molecule has 0 unspecified atom stereocenters. The average molecular weight is 288 g/mol. The Bertz CT molecular complexity index is 589. The minimum absolute atomic E-state index is 0.0979. The van der Waals surface area contributed by atoms with Crippen molar-refractivity contribution < 1.29 is 9.59 Å². The number of hydrogen-bond donors (Lipinski definition) is 2. The predicted molar refractivity (Wildman–Crippen MR) is 81.3 cm³/mol. The van der Waals surface area contributed by atoms with Gasteiger partial charge < -0.3 is 10.6 Å². The number of amides is 2. The summed E-state index contributed by atoms with van der Waals surface area (Å²) in [4.78, 5) is 24.3. The summed E-state index contributed by atoms with van der Waals surface area (Å²) in [6.07, 6.45) is 0. The summed E-state index contributed by atoms with van der Waals surface area (Å²) in [5, 5.41) is 7.46. The minimum Gasteiger partial charge on any atom is -0.350 e. The molecule has 0 aliphatic rings. The number of thiophene rings is 1. The van der Waals surface area contributed by atoms with Crippen LogP contribution in [0.2, 0.25) is 0 Å². The minimum atomic E-state index is -0.139. The quantitative estimate of drug-likeness (QED) is 0.908. The third-order valence-corrected chi connectivity index (χ3v) is 3.44. The van der Waals surface area contributed by atoms with Gasteiger partial charge in [-0.25, -0.2) is 0 Å². The van der Waals surface area contributed by atoms with Gasteiger partial charge in [0.2, 0.25) is 0 Å². The van der Waals surface area contributed by atoms with Gasteiger partial charge in [-0.05, 0) is 49.6 Å². The SMILES string of the molecule is CC(C)NC(=O)c1ccc(NC(=O)c2cccs2)cc1. The van der Waals surface area contributed by atoms with Crippen molar-refractivity contribution in [2.24, 2.45) is 0 Å². The Morgan fingerprint density at radius 3 is 2.30 bits per heavy atom. The molecule has 0 fully saturated rings. The van der Waals surface area contributed by atoms with Crippen molar-refractivity contribution in [3.05, 3.63) is 52.2 Å². The van der Waals surface area contributed by atoms with Gasteiger partial charge in [0.25, 0.3) is 11.8 Å². The van der Waals surface area contributed by atoms with Crippen LogP contribution >= 0.6 is 11.3 Å². The second kappa shape index (κ2) is 6.34. The van der Waals surface area contributed by atoms with Crippen LogP contribution in [0, 0.1) is 0 Å². The van der Waals surface area contributed by atoms with E-state index in [2.05, 4.69) is 10.6 Å². The van der Waals surface area contributed by atoms with E-state index in [0.29, 0.717) is 16.1 Å². The molecule has 1 aromatic heterocycles. The van der Waals surface area contributed by atoms with Crippen LogP contribution < -0.4 is 10.6 Å². The van der Waals surface area contributed by atoms with Crippen molar-refractivity contribution in [3.63, 3.8) is 0 Å². The maximum atomic E-state index is 11.9. The van der Waals surface area contributed by atoms with Gasteiger partial charge in [0.1, 0.15) is 0 Å². The van der Waals surface area contributed by atoms with E-state index in [1.807, 2.05) is 25.3 Å². The Balaban J connectivity index is 2.01. The van der Waals surface area contributed by atoms with Crippen molar-refractivity contribution in [3.8, 4) is 0 Å². The van der Waals surface area contributed by atoms with Crippen LogP contribution in [0.1, 0.15) is 33.9 Å². The number of anilines is 1. The average Bonchev–Trinajstić information content (AvgIpc) is 2.92. The summed E-state index contributed by atoms with van der Waals surface area (Å²) in [6, 6.07) is 10.5. The van der Waals surface area contributed by atoms with Gasteiger partial charge in [0.15, 0.2) is 0 Å². The third-order valence-electron chi connectivity index (χ3n) is 2.57. The van der Waals surface area contributed by atoms with Gasteiger partial charge in [-0.1, -0.05) is 6.07 Å². The Labute approximate surface area is 121 Å². The summed E-state index contributed by atoms with van der Waals surface area (Å²) in [5.41, 5.74) is 1.25. The molecule has 2 N–H and O–H groups in total. The highest BCUT2D eigenvalue weighted by Gasteiger charge is 2.09. The normalized spacial score (nSPS) is 10.3. The fourth-order valence-electron chi connectivity index (χ4n) is 1.65. The molecule has 0 spiro atoms. The zero-order valence-corrected chi connectivity index (χ0v) is 12.2. The molecule has 2 amide bonds. The summed E-state index contributed by atoms with van der Waals surface area (Å²) < 4.78 is 0. The zero-order valence-electron chi connectivity index (χ0n) is 11.3. The van der Waals surface area contributed by atoms with E-state index in [-0.39, 0.29) is 17.9 Å². The van der Waals surface area contributed by atoms with Crippen molar-refractivity contribution in [1.29, 1.82) is 0 Å². The van der Waals surface area contributed by atoms with E-state index in [1.165, 1.54) is 11.3 Å². The second-order valence-corrected chi connectivity index (χ2v) is 5.58. The number of rotatable bonds is 4. The van der Waals surface area contributed by atoms with Gasteiger partial charge >= 0.3 is 0 Å². The van der Waals surface area contributed by atoms with E-state index < -0.39 is 0 Å². The second-order valence-electron chi connectivity index (χ2n) is 4.64. The molecule has 0 bridgehead atoms. The van der Waals surface area contributed by atoms with Crippen molar-refractivity contribution in [1.82, 2.24) is 5.32 Å². The summed E-state index contributed by atoms with van der Waals surface area (Å²) in [7, 11) is 0. The molecule has 20 heavy (non-hydrogen) atoms. The molecule has 2 rings (SSSR count). The van der Waals surface area contributed by atoms with E-state index in [4.69, 9.17) is 0 Å². The molecule has 0 aliphatic carbocycles. The van der Waals surface area contributed by atoms with E-state index in [0.717, 1.165) is 0 Å². The number of nitrogens with one attached hydrogen (secondary N) is 2. The van der Waals surface area contributed by atoms with E-state index >= 15 is 0 Å². The molecule has 4 nitrogen and oxygen atoms in total. The number of benzene rings is 1. The van der Waals surface area contributed by atoms with Crippen LogP contribution in [0.25, 0.3) is 0 Å². The lowest BCUT2D eigenvalue weighted by molar-refractivity contribution is 0.0942. The van der Waals surface area contributed by atoms with Gasteiger partial charge in [0, 0.05) is 17.3 Å². The fraction of sp³-hybridized carbons (Fsp3) is 0.200. The lowest BCUT2D eigenvalue weighted by atomic mass is 10.2. The first-order valence-electron chi connectivity index (χ1n) is 6.32. The van der Waals surface area contributed by atoms with Gasteiger partial charge in [-0.3, -0.25) is 9.59 Å².